The molecule has 2 atom stereocenters. The molecule has 0 spiro atoms. The Labute approximate surface area is 144 Å². The third-order valence-electron chi connectivity index (χ3n) is 3.53. The van der Waals surface area contributed by atoms with Crippen LogP contribution in [0.4, 0.5) is 23.4 Å². The Morgan fingerprint density at radius 3 is 2.60 bits per heavy atom. The summed E-state index contributed by atoms with van der Waals surface area (Å²) in [7, 11) is 0. The zero-order valence-corrected chi connectivity index (χ0v) is 13.4. The van der Waals surface area contributed by atoms with Gasteiger partial charge in [0.25, 0.3) is 0 Å². The first-order valence-corrected chi connectivity index (χ1v) is 7.30. The van der Waals surface area contributed by atoms with Gasteiger partial charge in [-0.05, 0) is 41.8 Å². The van der Waals surface area contributed by atoms with Crippen molar-refractivity contribution in [3.8, 4) is 0 Å². The second-order valence-corrected chi connectivity index (χ2v) is 5.66. The quantitative estimate of drug-likeness (QED) is 0.421. The lowest BCUT2D eigenvalue weighted by molar-refractivity contribution is -0.109. The lowest BCUT2D eigenvalue weighted by Gasteiger charge is -2.44. The minimum atomic E-state index is -4.89. The first kappa shape index (κ1) is 19.3. The van der Waals surface area contributed by atoms with Crippen LogP contribution in [0.25, 0.3) is 0 Å². The Hall–Kier alpha value is -2.04. The van der Waals surface area contributed by atoms with E-state index in [-0.39, 0.29) is 11.3 Å². The van der Waals surface area contributed by atoms with E-state index in [2.05, 4.69) is 4.94 Å². The molecule has 0 aliphatic carbocycles. The number of carbonyl (C=O) groups excluding carboxylic acids is 1. The zero-order valence-electron chi connectivity index (χ0n) is 12.6. The van der Waals surface area contributed by atoms with Crippen molar-refractivity contribution in [3.63, 3.8) is 0 Å². The normalized spacial score (nSPS) is 23.8. The van der Waals surface area contributed by atoms with Crippen LogP contribution in [-0.2, 0) is 11.4 Å². The SMILES string of the molecule is CCc1ccc(C(=O)OF)cc1N1C(O)C=C(C(F)(F)F)NC1(O)Cl. The molecule has 0 saturated carbocycles. The molecule has 11 heteroatoms. The molecular formula is C14H13ClF4N2O4. The maximum atomic E-state index is 12.8. The van der Waals surface area contributed by atoms with Gasteiger partial charge in [-0.3, -0.25) is 4.90 Å². The van der Waals surface area contributed by atoms with E-state index < -0.39 is 29.4 Å². The molecule has 1 aromatic rings. The van der Waals surface area contributed by atoms with Crippen LogP contribution in [0.1, 0.15) is 22.8 Å². The third-order valence-corrected chi connectivity index (χ3v) is 3.81. The molecule has 0 amide bonds. The number of anilines is 1. The van der Waals surface area contributed by atoms with E-state index in [1.54, 1.807) is 12.2 Å². The highest BCUT2D eigenvalue weighted by atomic mass is 35.5. The summed E-state index contributed by atoms with van der Waals surface area (Å²) >= 11 is 5.74. The van der Waals surface area contributed by atoms with Gasteiger partial charge in [-0.25, -0.2) is 9.74 Å². The smallest absolute Gasteiger partial charge is 0.370 e. The molecule has 138 valence electrons. The second kappa shape index (κ2) is 6.70. The second-order valence-electron chi connectivity index (χ2n) is 5.14. The van der Waals surface area contributed by atoms with Crippen molar-refractivity contribution in [1.82, 2.24) is 5.32 Å². The van der Waals surface area contributed by atoms with E-state index in [1.165, 1.54) is 12.1 Å². The summed E-state index contributed by atoms with van der Waals surface area (Å²) < 4.78 is 50.6. The average Bonchev–Trinajstić information content (AvgIpc) is 2.51. The van der Waals surface area contributed by atoms with Crippen molar-refractivity contribution in [2.75, 3.05) is 4.90 Å². The van der Waals surface area contributed by atoms with E-state index >= 15 is 0 Å². The molecule has 0 bridgehead atoms. The Kier molecular flexibility index (Phi) is 5.17. The fourth-order valence-electron chi connectivity index (χ4n) is 2.40. The average molecular weight is 385 g/mol. The number of aliphatic hydroxyl groups excluding tert-OH is 1. The van der Waals surface area contributed by atoms with Gasteiger partial charge < -0.3 is 15.5 Å². The van der Waals surface area contributed by atoms with Crippen LogP contribution in [0.2, 0.25) is 0 Å². The molecule has 1 aromatic carbocycles. The van der Waals surface area contributed by atoms with E-state index in [0.717, 1.165) is 6.07 Å². The van der Waals surface area contributed by atoms with Gasteiger partial charge in [-0.2, -0.15) is 13.2 Å². The fourth-order valence-corrected chi connectivity index (χ4v) is 2.69. The molecular weight excluding hydrogens is 372 g/mol. The minimum Gasteiger partial charge on any atom is -0.370 e. The Balaban J connectivity index is 2.56. The maximum Gasteiger partial charge on any atom is 0.430 e. The number of nitrogens with one attached hydrogen (secondary N) is 1. The third kappa shape index (κ3) is 3.80. The number of allylic oxidation sites excluding steroid dienone is 1. The molecule has 6 nitrogen and oxygen atoms in total. The molecule has 3 N–H and O–H groups in total. The van der Waals surface area contributed by atoms with Crippen molar-refractivity contribution in [2.45, 2.75) is 31.1 Å². The molecule has 0 radical (unpaired) electrons. The zero-order chi connectivity index (χ0) is 19.0. The Morgan fingerprint density at radius 2 is 2.12 bits per heavy atom. The van der Waals surface area contributed by atoms with Gasteiger partial charge in [0.1, 0.15) is 5.70 Å². The van der Waals surface area contributed by atoms with Crippen LogP contribution in [0.15, 0.2) is 30.0 Å². The van der Waals surface area contributed by atoms with Gasteiger partial charge in [-0.15, -0.1) is 0 Å². The summed E-state index contributed by atoms with van der Waals surface area (Å²) in [6.07, 6.45) is -6.16. The molecule has 1 aliphatic rings. The van der Waals surface area contributed by atoms with E-state index in [4.69, 9.17) is 11.6 Å². The topological polar surface area (TPSA) is 82.0 Å². The van der Waals surface area contributed by atoms with Crippen LogP contribution >= 0.6 is 11.6 Å². The van der Waals surface area contributed by atoms with Gasteiger partial charge in [0.15, 0.2) is 6.23 Å². The standard InChI is InChI=1S/C14H13ClF4N2O4/c1-2-7-3-4-8(12(23)25-19)5-9(7)21-11(22)6-10(13(16,17)18)20-14(21,15)24/h3-6,11,20,22,24H,2H2,1H3. The number of halogens is 5. The summed E-state index contributed by atoms with van der Waals surface area (Å²) in [6.45, 7) is 1.68. The lowest BCUT2D eigenvalue weighted by atomic mass is 10.0. The van der Waals surface area contributed by atoms with Crippen molar-refractivity contribution in [3.05, 3.63) is 41.1 Å². The van der Waals surface area contributed by atoms with Crippen molar-refractivity contribution in [2.24, 2.45) is 0 Å². The van der Waals surface area contributed by atoms with Crippen LogP contribution < -0.4 is 10.2 Å². The highest BCUT2D eigenvalue weighted by Crippen LogP contribution is 2.37. The van der Waals surface area contributed by atoms with Crippen LogP contribution in [0.5, 0.6) is 0 Å². The number of aryl methyl sites for hydroxylation is 1. The number of hydrogen-bond acceptors (Lipinski definition) is 6. The number of rotatable bonds is 3. The van der Waals surface area contributed by atoms with Gasteiger partial charge in [-0.1, -0.05) is 13.0 Å². The molecule has 0 saturated heterocycles. The highest BCUT2D eigenvalue weighted by Gasteiger charge is 2.48. The molecule has 0 aromatic heterocycles. The predicted molar refractivity (Wildman–Crippen MR) is 78.9 cm³/mol. The number of alkyl halides is 4. The highest BCUT2D eigenvalue weighted by molar-refractivity contribution is 6.24. The number of nitrogens with zero attached hydrogens (tertiary/aromatic N) is 1. The van der Waals surface area contributed by atoms with Gasteiger partial charge in [0.2, 0.25) is 0 Å². The molecule has 1 heterocycles. The van der Waals surface area contributed by atoms with Crippen LogP contribution in [-0.4, -0.2) is 33.9 Å². The van der Waals surface area contributed by atoms with Gasteiger partial charge in [0, 0.05) is 10.2 Å². The van der Waals surface area contributed by atoms with Gasteiger partial charge in [0.05, 0.1) is 5.56 Å². The van der Waals surface area contributed by atoms with E-state index in [1.807, 2.05) is 0 Å². The monoisotopic (exact) mass is 384 g/mol. The molecule has 2 rings (SSSR count). The van der Waals surface area contributed by atoms with E-state index in [9.17, 15) is 32.7 Å². The van der Waals surface area contributed by atoms with Crippen molar-refractivity contribution < 1.29 is 37.6 Å². The number of aliphatic hydroxyl groups is 2. The van der Waals surface area contributed by atoms with Crippen molar-refractivity contribution >= 4 is 23.3 Å². The molecule has 25 heavy (non-hydrogen) atoms. The summed E-state index contributed by atoms with van der Waals surface area (Å²) in [5, 5.41) is 19.1. The summed E-state index contributed by atoms with van der Waals surface area (Å²) in [5.74, 6) is -1.35. The van der Waals surface area contributed by atoms with Crippen LogP contribution in [0.3, 0.4) is 0 Å². The first-order valence-electron chi connectivity index (χ1n) is 6.93. The number of carbonyl (C=O) groups is 1. The number of benzene rings is 1. The number of hydrogen-bond donors (Lipinski definition) is 3. The molecule has 0 fully saturated rings. The summed E-state index contributed by atoms with van der Waals surface area (Å²) in [6, 6.07) is 3.62. The maximum absolute atomic E-state index is 12.8. The largest absolute Gasteiger partial charge is 0.430 e. The molecule has 2 unspecified atom stereocenters. The van der Waals surface area contributed by atoms with Crippen molar-refractivity contribution in [1.29, 1.82) is 0 Å². The lowest BCUT2D eigenvalue weighted by Crippen LogP contribution is -2.63. The minimum absolute atomic E-state index is 0.0830. The summed E-state index contributed by atoms with van der Waals surface area (Å²) in [5.41, 5.74) is -1.40. The molecule has 1 aliphatic heterocycles. The van der Waals surface area contributed by atoms with E-state index in [0.29, 0.717) is 23.0 Å². The fraction of sp³-hybridized carbons (Fsp3) is 0.357. The predicted octanol–water partition coefficient (Wildman–Crippen LogP) is 2.31. The van der Waals surface area contributed by atoms with Gasteiger partial charge >= 0.3 is 17.5 Å². The summed E-state index contributed by atoms with van der Waals surface area (Å²) in [4.78, 5) is 15.0. The van der Waals surface area contributed by atoms with Crippen LogP contribution in [0, 0.1) is 0 Å². The Morgan fingerprint density at radius 1 is 1.48 bits per heavy atom. The Bertz CT molecular complexity index is 709. The first-order chi connectivity index (χ1) is 11.5.